The molecule has 1 fully saturated rings. The molecule has 156 valence electrons. The number of allylic oxidation sites excluding steroid dienone is 1. The summed E-state index contributed by atoms with van der Waals surface area (Å²) in [6, 6.07) is 3.42. The van der Waals surface area contributed by atoms with Crippen LogP contribution in [0.25, 0.3) is 0 Å². The van der Waals surface area contributed by atoms with Crippen molar-refractivity contribution in [3.05, 3.63) is 40.3 Å². The van der Waals surface area contributed by atoms with Gasteiger partial charge >= 0.3 is 5.97 Å². The van der Waals surface area contributed by atoms with E-state index < -0.39 is 17.9 Å². The third kappa shape index (κ3) is 4.59. The first-order chi connectivity index (χ1) is 13.8. The number of nitrogens with zero attached hydrogens (tertiary/aromatic N) is 2. The molecule has 2 N–H and O–H groups in total. The summed E-state index contributed by atoms with van der Waals surface area (Å²) >= 11 is 6.06. The highest BCUT2D eigenvalue weighted by Gasteiger charge is 2.33. The molecule has 1 aromatic rings. The predicted molar refractivity (Wildman–Crippen MR) is 108 cm³/mol. The topological polar surface area (TPSA) is 91.2 Å². The number of carbonyl (C=O) groups is 2. The normalized spacial score (nSPS) is 21.9. The average molecular weight is 424 g/mol. The monoisotopic (exact) mass is 423 g/mol. The first-order valence-corrected chi connectivity index (χ1v) is 9.78. The summed E-state index contributed by atoms with van der Waals surface area (Å²) in [5.41, 5.74) is 1.54. The maximum absolute atomic E-state index is 14.3. The fourth-order valence-electron chi connectivity index (χ4n) is 3.59. The van der Waals surface area contributed by atoms with Crippen LogP contribution < -0.4 is 10.2 Å². The first-order valence-electron chi connectivity index (χ1n) is 9.40. The number of ether oxygens (including phenoxy) is 1. The number of carboxylic acids is 1. The third-order valence-corrected chi connectivity index (χ3v) is 5.66. The number of aromatic carboxylic acids is 1. The molecule has 1 aromatic carbocycles. The molecule has 2 aliphatic heterocycles. The molecule has 3 rings (SSSR count). The van der Waals surface area contributed by atoms with E-state index in [0.29, 0.717) is 36.8 Å². The van der Waals surface area contributed by atoms with Gasteiger partial charge in [-0.3, -0.25) is 4.79 Å². The van der Waals surface area contributed by atoms with E-state index in [-0.39, 0.29) is 23.2 Å². The Hall–Kier alpha value is -2.45. The van der Waals surface area contributed by atoms with Crippen molar-refractivity contribution in [2.24, 2.45) is 4.99 Å². The Morgan fingerprint density at radius 3 is 2.83 bits per heavy atom. The van der Waals surface area contributed by atoms with Gasteiger partial charge in [-0.05, 0) is 36.6 Å². The van der Waals surface area contributed by atoms with Crippen LogP contribution in [-0.2, 0) is 9.53 Å². The number of rotatable bonds is 6. The first kappa shape index (κ1) is 21.3. The minimum Gasteiger partial charge on any atom is -0.478 e. The van der Waals surface area contributed by atoms with E-state index in [0.717, 1.165) is 18.1 Å². The smallest absolute Gasteiger partial charge is 0.335 e. The second-order valence-electron chi connectivity index (χ2n) is 7.04. The van der Waals surface area contributed by atoms with Gasteiger partial charge in [-0.25, -0.2) is 14.2 Å². The van der Waals surface area contributed by atoms with Crippen molar-refractivity contribution in [3.8, 4) is 0 Å². The van der Waals surface area contributed by atoms with E-state index in [9.17, 15) is 14.0 Å². The van der Waals surface area contributed by atoms with Gasteiger partial charge in [0.25, 0.3) is 5.91 Å². The molecule has 0 radical (unpaired) electrons. The summed E-state index contributed by atoms with van der Waals surface area (Å²) in [6.45, 7) is 2.72. The Kier molecular flexibility index (Phi) is 6.54. The van der Waals surface area contributed by atoms with Crippen molar-refractivity contribution in [3.63, 3.8) is 0 Å². The number of aliphatic imine (C=N–C) groups is 1. The highest BCUT2D eigenvalue weighted by atomic mass is 35.5. The van der Waals surface area contributed by atoms with Crippen molar-refractivity contribution in [1.82, 2.24) is 5.32 Å². The van der Waals surface area contributed by atoms with E-state index in [4.69, 9.17) is 21.4 Å². The van der Waals surface area contributed by atoms with Gasteiger partial charge in [0.2, 0.25) is 0 Å². The van der Waals surface area contributed by atoms with Crippen LogP contribution in [0.15, 0.2) is 33.9 Å². The molecule has 9 heteroatoms. The van der Waals surface area contributed by atoms with Crippen molar-refractivity contribution >= 4 is 34.9 Å². The lowest BCUT2D eigenvalue weighted by atomic mass is 9.99. The van der Waals surface area contributed by atoms with Crippen molar-refractivity contribution < 1.29 is 23.8 Å². The third-order valence-electron chi connectivity index (χ3n) is 5.31. The molecule has 0 unspecified atom stereocenters. The van der Waals surface area contributed by atoms with E-state index in [2.05, 4.69) is 10.3 Å². The molecule has 0 bridgehead atoms. The number of hydrogen-bond donors (Lipinski definition) is 2. The lowest BCUT2D eigenvalue weighted by Gasteiger charge is -2.39. The minimum absolute atomic E-state index is 0.0149. The Morgan fingerprint density at radius 1 is 1.45 bits per heavy atom. The maximum Gasteiger partial charge on any atom is 0.335 e. The maximum atomic E-state index is 14.3. The number of carboxylic acid groups (broad SMARTS) is 1. The number of anilines is 1. The fraction of sp³-hybridized carbons (Fsp3) is 0.450. The fourth-order valence-corrected chi connectivity index (χ4v) is 3.90. The van der Waals surface area contributed by atoms with Crippen LogP contribution in [0.4, 0.5) is 10.1 Å². The minimum atomic E-state index is -1.12. The summed E-state index contributed by atoms with van der Waals surface area (Å²) in [7, 11) is 1.53. The Bertz CT molecular complexity index is 886. The molecule has 7 nitrogen and oxygen atoms in total. The zero-order valence-corrected chi connectivity index (χ0v) is 17.0. The molecule has 0 spiro atoms. The molecule has 2 aliphatic rings. The molecule has 29 heavy (non-hydrogen) atoms. The lowest BCUT2D eigenvalue weighted by Crippen LogP contribution is -2.56. The molecular formula is C20H23ClFN3O4. The Morgan fingerprint density at radius 2 is 2.21 bits per heavy atom. The van der Waals surface area contributed by atoms with E-state index in [1.165, 1.54) is 19.2 Å². The number of nitrogens with one attached hydrogen (secondary N) is 1. The Balaban J connectivity index is 1.68. The van der Waals surface area contributed by atoms with Gasteiger partial charge in [-0.15, -0.1) is 0 Å². The van der Waals surface area contributed by atoms with Gasteiger partial charge in [-0.1, -0.05) is 18.5 Å². The van der Waals surface area contributed by atoms with Crippen molar-refractivity contribution in [1.29, 1.82) is 0 Å². The van der Waals surface area contributed by atoms with E-state index in [1.54, 1.807) is 4.90 Å². The number of hydrogen-bond acceptors (Lipinski definition) is 5. The van der Waals surface area contributed by atoms with E-state index in [1.807, 2.05) is 6.92 Å². The Labute approximate surface area is 173 Å². The predicted octanol–water partition coefficient (Wildman–Crippen LogP) is 2.94. The van der Waals surface area contributed by atoms with E-state index >= 15 is 0 Å². The largest absolute Gasteiger partial charge is 0.478 e. The summed E-state index contributed by atoms with van der Waals surface area (Å²) < 4.78 is 19.8. The summed E-state index contributed by atoms with van der Waals surface area (Å²) in [4.78, 5) is 29.7. The number of carbonyl (C=O) groups excluding carboxylic acids is 1. The van der Waals surface area contributed by atoms with Crippen LogP contribution in [0.5, 0.6) is 0 Å². The lowest BCUT2D eigenvalue weighted by molar-refractivity contribution is -0.116. The quantitative estimate of drug-likeness (QED) is 0.686. The van der Waals surface area contributed by atoms with Gasteiger partial charge in [0.05, 0.1) is 23.4 Å². The van der Waals surface area contributed by atoms with Gasteiger partial charge in [0, 0.05) is 26.6 Å². The van der Waals surface area contributed by atoms with Gasteiger partial charge in [-0.2, -0.15) is 0 Å². The number of piperidine rings is 1. The summed E-state index contributed by atoms with van der Waals surface area (Å²) in [6.07, 6.45) is 1.29. The molecule has 1 amide bonds. The van der Waals surface area contributed by atoms with Gasteiger partial charge in [0.1, 0.15) is 16.7 Å². The highest BCUT2D eigenvalue weighted by molar-refractivity contribution is 6.43. The van der Waals surface area contributed by atoms with Crippen LogP contribution in [-0.4, -0.2) is 55.0 Å². The second kappa shape index (κ2) is 8.92. The number of halogens is 2. The molecule has 0 aliphatic carbocycles. The standard InChI is InChI=1S/C20H23ClFN3O4/c1-3-11-8-15(23-18(11)21)19(26)24-14-6-7-25(10-17(14)29-2)16-9-12(20(27)28)4-5-13(16)22/h4-5,9,14,17H,3,6-8,10H2,1-2H3,(H,24,26)(H,27,28)/t14-,17+/m1/s1. The SMILES string of the molecule is CCC1=C(Cl)N=C(C(=O)N[C@@H]2CCN(c3cc(C(=O)O)ccc3F)C[C@@H]2OC)C1. The number of amides is 1. The molecule has 0 aromatic heterocycles. The average Bonchev–Trinajstić information content (AvgIpc) is 3.09. The zero-order chi connectivity index (χ0) is 21.1. The van der Waals surface area contributed by atoms with Crippen LogP contribution in [0.1, 0.15) is 36.5 Å². The molecule has 2 heterocycles. The van der Waals surface area contributed by atoms with Crippen molar-refractivity contribution in [2.75, 3.05) is 25.1 Å². The van der Waals surface area contributed by atoms with Crippen LogP contribution in [0, 0.1) is 5.82 Å². The van der Waals surface area contributed by atoms with Gasteiger partial charge in [0.15, 0.2) is 0 Å². The van der Waals surface area contributed by atoms with Crippen LogP contribution in [0.2, 0.25) is 0 Å². The summed E-state index contributed by atoms with van der Waals surface area (Å²) in [5, 5.41) is 12.5. The van der Waals surface area contributed by atoms with Crippen molar-refractivity contribution in [2.45, 2.75) is 38.3 Å². The summed E-state index contributed by atoms with van der Waals surface area (Å²) in [5.74, 6) is -1.90. The van der Waals surface area contributed by atoms with Crippen LogP contribution >= 0.6 is 11.6 Å². The highest BCUT2D eigenvalue weighted by Crippen LogP contribution is 2.27. The second-order valence-corrected chi connectivity index (χ2v) is 7.40. The number of methoxy groups -OCH3 is 1. The molecular weight excluding hydrogens is 401 g/mol. The zero-order valence-electron chi connectivity index (χ0n) is 16.2. The molecule has 1 saturated heterocycles. The van der Waals surface area contributed by atoms with Gasteiger partial charge < -0.3 is 20.1 Å². The molecule has 0 saturated carbocycles. The molecule has 2 atom stereocenters. The number of benzene rings is 1. The van der Waals surface area contributed by atoms with Crippen LogP contribution in [0.3, 0.4) is 0 Å².